The van der Waals surface area contributed by atoms with Crippen LogP contribution in [0, 0.1) is 5.82 Å². The summed E-state index contributed by atoms with van der Waals surface area (Å²) >= 11 is 0. The molecule has 0 atom stereocenters. The molecule has 1 amide bonds. The van der Waals surface area contributed by atoms with E-state index in [2.05, 4.69) is 29.9 Å². The molecule has 2 aromatic carbocycles. The van der Waals surface area contributed by atoms with Crippen LogP contribution in [0.4, 0.5) is 17.6 Å². The van der Waals surface area contributed by atoms with E-state index in [1.54, 1.807) is 19.9 Å². The number of amides is 1. The summed E-state index contributed by atoms with van der Waals surface area (Å²) < 4.78 is 75.0. The zero-order valence-electron chi connectivity index (χ0n) is 26.1. The van der Waals surface area contributed by atoms with E-state index in [-0.39, 0.29) is 59.9 Å². The first-order chi connectivity index (χ1) is 20.4. The minimum atomic E-state index is -4.47. The Morgan fingerprint density at radius 3 is 2.34 bits per heavy atom. The molecule has 0 unspecified atom stereocenters. The van der Waals surface area contributed by atoms with Crippen molar-refractivity contribution in [2.75, 3.05) is 20.8 Å². The molecular formula is C31H39F4N3O5Si. The van der Waals surface area contributed by atoms with Crippen molar-refractivity contribution in [1.82, 2.24) is 14.9 Å². The number of esters is 1. The molecular weight excluding hydrogens is 598 g/mol. The molecule has 0 bridgehead atoms. The summed E-state index contributed by atoms with van der Waals surface area (Å²) in [5.74, 6) is -1.67. The molecule has 1 aliphatic carbocycles. The average molecular weight is 638 g/mol. The summed E-state index contributed by atoms with van der Waals surface area (Å²) in [6.45, 7) is 9.88. The van der Waals surface area contributed by atoms with Gasteiger partial charge in [-0.3, -0.25) is 9.59 Å². The van der Waals surface area contributed by atoms with Crippen molar-refractivity contribution in [1.29, 1.82) is 0 Å². The summed E-state index contributed by atoms with van der Waals surface area (Å²) in [5, 5.41) is 2.65. The highest BCUT2D eigenvalue weighted by atomic mass is 28.3. The average Bonchev–Trinajstić information content (AvgIpc) is 3.70. The van der Waals surface area contributed by atoms with Gasteiger partial charge in [-0.05, 0) is 63.1 Å². The normalized spacial score (nSPS) is 14.9. The van der Waals surface area contributed by atoms with Gasteiger partial charge in [-0.2, -0.15) is 13.2 Å². The lowest BCUT2D eigenvalue weighted by Gasteiger charge is -2.25. The molecule has 3 aromatic rings. The second-order valence-corrected chi connectivity index (χ2v) is 18.6. The Kier molecular flexibility index (Phi) is 9.23. The summed E-state index contributed by atoms with van der Waals surface area (Å²) in [6.07, 6.45) is -4.60. The molecule has 1 saturated carbocycles. The van der Waals surface area contributed by atoms with Gasteiger partial charge in [-0.1, -0.05) is 19.6 Å². The van der Waals surface area contributed by atoms with Gasteiger partial charge in [0.1, 0.15) is 29.5 Å². The number of hydrogen-bond donors (Lipinski definition) is 1. The van der Waals surface area contributed by atoms with E-state index in [4.69, 9.17) is 14.2 Å². The minimum Gasteiger partial charge on any atom is -0.496 e. The summed E-state index contributed by atoms with van der Waals surface area (Å²) in [7, 11) is 1.22. The topological polar surface area (TPSA) is 91.7 Å². The first-order valence-corrected chi connectivity index (χ1v) is 18.0. The number of fused-ring (bicyclic) bond motifs is 1. The van der Waals surface area contributed by atoms with Crippen LogP contribution in [-0.2, 0) is 38.4 Å². The fourth-order valence-corrected chi connectivity index (χ4v) is 5.85. The van der Waals surface area contributed by atoms with Crippen LogP contribution in [0.2, 0.25) is 25.7 Å². The molecule has 0 saturated heterocycles. The third kappa shape index (κ3) is 6.63. The number of aromatic nitrogens is 2. The van der Waals surface area contributed by atoms with Gasteiger partial charge in [-0.25, -0.2) is 9.37 Å². The van der Waals surface area contributed by atoms with Crippen LogP contribution < -0.4 is 10.1 Å². The molecule has 240 valence electrons. The second kappa shape index (κ2) is 12.1. The molecule has 44 heavy (non-hydrogen) atoms. The third-order valence-electron chi connectivity index (χ3n) is 8.12. The van der Waals surface area contributed by atoms with Gasteiger partial charge < -0.3 is 24.1 Å². The quantitative estimate of drug-likeness (QED) is 0.106. The monoisotopic (exact) mass is 637 g/mol. The number of nitrogens with zero attached hydrogens (tertiary/aromatic N) is 2. The number of methoxy groups -OCH3 is 2. The van der Waals surface area contributed by atoms with Crippen LogP contribution in [0.3, 0.4) is 0 Å². The van der Waals surface area contributed by atoms with Crippen LogP contribution >= 0.6 is 0 Å². The van der Waals surface area contributed by atoms with Crippen molar-refractivity contribution in [3.05, 3.63) is 58.7 Å². The standard InChI is InChI=1S/C31H39F4N3O5Si/c1-29(2,28(40)42-4)21-16-22(32)20(15-25(21)41-3)17-36-26(39)19-8-9-24-23(14-19)37-27(30(10-11-30)31(33,34)35)38(24)18-43-12-13-44(5,6)7/h8-9,14-16H,10-13,17-18H2,1-7H3,(H,36,39). The highest BCUT2D eigenvalue weighted by Gasteiger charge is 2.67. The first kappa shape index (κ1) is 33.4. The van der Waals surface area contributed by atoms with E-state index in [1.165, 1.54) is 43.1 Å². The van der Waals surface area contributed by atoms with Gasteiger partial charge in [0.05, 0.1) is 30.7 Å². The molecule has 1 fully saturated rings. The van der Waals surface area contributed by atoms with Crippen molar-refractivity contribution in [2.24, 2.45) is 0 Å². The van der Waals surface area contributed by atoms with Gasteiger partial charge in [0.2, 0.25) is 0 Å². The van der Waals surface area contributed by atoms with Gasteiger partial charge in [0, 0.05) is 37.9 Å². The minimum absolute atomic E-state index is 0.0628. The van der Waals surface area contributed by atoms with Gasteiger partial charge in [-0.15, -0.1) is 0 Å². The number of nitrogens with one attached hydrogen (secondary N) is 1. The predicted octanol–water partition coefficient (Wildman–Crippen LogP) is 6.47. The van der Waals surface area contributed by atoms with Gasteiger partial charge >= 0.3 is 12.1 Å². The zero-order valence-corrected chi connectivity index (χ0v) is 27.1. The summed E-state index contributed by atoms with van der Waals surface area (Å²) in [5.41, 5.74) is -2.01. The number of carbonyl (C=O) groups excluding carboxylic acids is 2. The molecule has 1 heterocycles. The Balaban J connectivity index is 1.58. The molecule has 4 rings (SSSR count). The number of benzene rings is 2. The molecule has 0 aliphatic heterocycles. The Labute approximate surface area is 255 Å². The number of rotatable bonds is 12. The smallest absolute Gasteiger partial charge is 0.401 e. The maximum absolute atomic E-state index is 15.1. The lowest BCUT2D eigenvalue weighted by Crippen LogP contribution is -2.32. The molecule has 1 N–H and O–H groups in total. The highest BCUT2D eigenvalue weighted by Crippen LogP contribution is 2.58. The van der Waals surface area contributed by atoms with Gasteiger partial charge in [0.25, 0.3) is 5.91 Å². The summed E-state index contributed by atoms with van der Waals surface area (Å²) in [4.78, 5) is 29.7. The molecule has 0 spiro atoms. The zero-order chi connectivity index (χ0) is 32.7. The van der Waals surface area contributed by atoms with Crippen LogP contribution in [0.1, 0.15) is 54.0 Å². The fraction of sp³-hybridized carbons (Fsp3) is 0.516. The Morgan fingerprint density at radius 2 is 1.77 bits per heavy atom. The summed E-state index contributed by atoms with van der Waals surface area (Å²) in [6, 6.07) is 7.93. The van der Waals surface area contributed by atoms with Crippen LogP contribution in [-0.4, -0.2) is 56.5 Å². The van der Waals surface area contributed by atoms with E-state index in [9.17, 15) is 22.8 Å². The third-order valence-corrected chi connectivity index (χ3v) is 9.83. The SMILES string of the molecule is COC(=O)C(C)(C)c1cc(F)c(CNC(=O)c2ccc3c(c2)nc(C2(C(F)(F)F)CC2)n3COCC[Si](C)(C)C)cc1OC. The predicted molar refractivity (Wildman–Crippen MR) is 160 cm³/mol. The van der Waals surface area contributed by atoms with Crippen LogP contribution in [0.25, 0.3) is 11.0 Å². The van der Waals surface area contributed by atoms with Crippen molar-refractivity contribution in [2.45, 2.75) is 82.7 Å². The first-order valence-electron chi connectivity index (χ1n) is 14.3. The van der Waals surface area contributed by atoms with Gasteiger partial charge in [0.15, 0.2) is 0 Å². The van der Waals surface area contributed by atoms with E-state index < -0.39 is 42.8 Å². The Hall–Kier alpha value is -3.45. The number of imidazole rings is 1. The number of alkyl halides is 3. The maximum Gasteiger partial charge on any atom is 0.401 e. The Morgan fingerprint density at radius 1 is 1.09 bits per heavy atom. The Bertz CT molecular complexity index is 1560. The van der Waals surface area contributed by atoms with Crippen LogP contribution in [0.15, 0.2) is 30.3 Å². The lowest BCUT2D eigenvalue weighted by molar-refractivity contribution is -0.163. The van der Waals surface area contributed by atoms with E-state index >= 15 is 4.39 Å². The molecule has 1 aromatic heterocycles. The number of carbonyl (C=O) groups is 2. The molecule has 13 heteroatoms. The maximum atomic E-state index is 15.1. The molecule has 0 radical (unpaired) electrons. The largest absolute Gasteiger partial charge is 0.496 e. The van der Waals surface area contributed by atoms with Crippen molar-refractivity contribution >= 4 is 31.0 Å². The van der Waals surface area contributed by atoms with Crippen molar-refractivity contribution in [3.63, 3.8) is 0 Å². The number of hydrogen-bond acceptors (Lipinski definition) is 6. The molecule has 8 nitrogen and oxygen atoms in total. The van der Waals surface area contributed by atoms with Crippen LogP contribution in [0.5, 0.6) is 5.75 Å². The fourth-order valence-electron chi connectivity index (χ4n) is 5.09. The van der Waals surface area contributed by atoms with E-state index in [0.29, 0.717) is 12.1 Å². The van der Waals surface area contributed by atoms with E-state index in [1.807, 2.05) is 0 Å². The van der Waals surface area contributed by atoms with Crippen molar-refractivity contribution in [3.8, 4) is 5.75 Å². The number of ether oxygens (including phenoxy) is 3. The number of halogens is 4. The van der Waals surface area contributed by atoms with E-state index in [0.717, 1.165) is 6.04 Å². The molecule has 1 aliphatic rings. The highest BCUT2D eigenvalue weighted by molar-refractivity contribution is 6.76. The van der Waals surface area contributed by atoms with Crippen molar-refractivity contribution < 1.29 is 41.4 Å². The lowest BCUT2D eigenvalue weighted by atomic mass is 9.83. The second-order valence-electron chi connectivity index (χ2n) is 12.9.